The summed E-state index contributed by atoms with van der Waals surface area (Å²) in [6, 6.07) is 2.17. The molecule has 4 rings (SSSR count). The van der Waals surface area contributed by atoms with Crippen LogP contribution in [0.15, 0.2) is 15.2 Å². The van der Waals surface area contributed by atoms with Gasteiger partial charge in [0, 0.05) is 11.5 Å². The second-order valence-corrected chi connectivity index (χ2v) is 6.52. The Hall–Kier alpha value is -2.19. The van der Waals surface area contributed by atoms with Crippen molar-refractivity contribution < 1.29 is 8.81 Å². The van der Waals surface area contributed by atoms with Crippen LogP contribution in [0.1, 0.15) is 41.3 Å². The molecule has 0 atom stereocenters. The minimum absolute atomic E-state index is 0.115. The number of aryl methyl sites for hydroxylation is 1. The molecule has 0 unspecified atom stereocenters. The minimum Gasteiger partial charge on any atom is -0.437 e. The quantitative estimate of drug-likeness (QED) is 0.664. The summed E-state index contributed by atoms with van der Waals surface area (Å²) >= 11 is 1.52. The van der Waals surface area contributed by atoms with Gasteiger partial charge in [-0.25, -0.2) is 9.37 Å². The summed E-state index contributed by atoms with van der Waals surface area (Å²) in [6.45, 7) is 3.72. The molecule has 0 aliphatic heterocycles. The lowest BCUT2D eigenvalue weighted by atomic mass is 9.95. The summed E-state index contributed by atoms with van der Waals surface area (Å²) in [7, 11) is 0. The first-order chi connectivity index (χ1) is 10.6. The molecule has 22 heavy (non-hydrogen) atoms. The lowest BCUT2D eigenvalue weighted by molar-refractivity contribution is 0.509. The van der Waals surface area contributed by atoms with Crippen molar-refractivity contribution in [2.45, 2.75) is 32.6 Å². The summed E-state index contributed by atoms with van der Waals surface area (Å²) in [6.07, 6.45) is 2.04. The molecule has 2 heterocycles. The van der Waals surface area contributed by atoms with E-state index < -0.39 is 5.82 Å². The second-order valence-electron chi connectivity index (χ2n) is 5.77. The largest absolute Gasteiger partial charge is 0.437 e. The molecule has 1 aromatic carbocycles. The summed E-state index contributed by atoms with van der Waals surface area (Å²) in [5.41, 5.74) is 3.79. The zero-order valence-electron chi connectivity index (χ0n) is 12.2. The Morgan fingerprint density at radius 1 is 1.36 bits per heavy atom. The Bertz CT molecular complexity index is 944. The zero-order chi connectivity index (χ0) is 15.4. The van der Waals surface area contributed by atoms with Crippen LogP contribution in [-0.4, -0.2) is 4.98 Å². The molecular formula is C17H13FN2OS. The fourth-order valence-electron chi connectivity index (χ4n) is 2.81. The number of rotatable bonds is 2. The lowest BCUT2D eigenvalue weighted by Crippen LogP contribution is -1.95. The summed E-state index contributed by atoms with van der Waals surface area (Å²) in [5.74, 6) is 0.432. The smallest absolute Gasteiger partial charge is 0.198 e. The van der Waals surface area contributed by atoms with Crippen LogP contribution >= 0.6 is 11.3 Å². The van der Waals surface area contributed by atoms with Gasteiger partial charge >= 0.3 is 0 Å². The molecule has 1 aliphatic carbocycles. The first kappa shape index (κ1) is 13.5. The van der Waals surface area contributed by atoms with Gasteiger partial charge in [0.05, 0.1) is 5.56 Å². The van der Waals surface area contributed by atoms with Crippen LogP contribution in [0, 0.1) is 31.0 Å². The van der Waals surface area contributed by atoms with Gasteiger partial charge in [-0.05, 0) is 54.1 Å². The van der Waals surface area contributed by atoms with Crippen LogP contribution in [-0.2, 0) is 0 Å². The number of oxazole rings is 1. The number of hydrogen-bond acceptors (Lipinski definition) is 4. The van der Waals surface area contributed by atoms with Gasteiger partial charge < -0.3 is 4.42 Å². The fraction of sp³-hybridized carbons (Fsp3) is 0.294. The summed E-state index contributed by atoms with van der Waals surface area (Å²) < 4.78 is 20.7. The van der Waals surface area contributed by atoms with Crippen molar-refractivity contribution in [2.24, 2.45) is 0 Å². The van der Waals surface area contributed by atoms with E-state index in [1.165, 1.54) is 11.3 Å². The van der Waals surface area contributed by atoms with E-state index in [-0.39, 0.29) is 11.5 Å². The highest BCUT2D eigenvalue weighted by Gasteiger charge is 2.31. The first-order valence-electron chi connectivity index (χ1n) is 7.17. The Morgan fingerprint density at radius 3 is 2.73 bits per heavy atom. The molecule has 1 saturated carbocycles. The van der Waals surface area contributed by atoms with Gasteiger partial charge in [-0.15, -0.1) is 0 Å². The molecule has 0 amide bonds. The maximum absolute atomic E-state index is 15.0. The van der Waals surface area contributed by atoms with E-state index in [4.69, 9.17) is 4.42 Å². The van der Waals surface area contributed by atoms with Crippen LogP contribution in [0.3, 0.4) is 0 Å². The van der Waals surface area contributed by atoms with Crippen LogP contribution < -0.4 is 0 Å². The molecule has 3 aromatic rings. The van der Waals surface area contributed by atoms with Gasteiger partial charge in [0.2, 0.25) is 0 Å². The standard InChI is InChI=1S/C17H13FN2OS/c1-8-6-22-7-12(8)13-9(2)11(5-19)15-16(14(13)18)21-17(20-15)10-3-4-10/h6-7,10H,3-4H2,1-2H3. The maximum atomic E-state index is 15.0. The molecule has 0 radical (unpaired) electrons. The number of nitrogens with zero attached hydrogens (tertiary/aromatic N) is 2. The molecule has 1 fully saturated rings. The zero-order valence-corrected chi connectivity index (χ0v) is 13.1. The molecule has 3 nitrogen and oxygen atoms in total. The predicted molar refractivity (Wildman–Crippen MR) is 83.4 cm³/mol. The Kier molecular flexibility index (Phi) is 2.85. The minimum atomic E-state index is -0.410. The van der Waals surface area contributed by atoms with Crippen molar-refractivity contribution in [3.8, 4) is 17.2 Å². The average Bonchev–Trinajstić information content (AvgIpc) is 3.12. The Labute approximate surface area is 131 Å². The van der Waals surface area contributed by atoms with E-state index >= 15 is 4.39 Å². The average molecular weight is 312 g/mol. The predicted octanol–water partition coefficient (Wildman–Crippen LogP) is 5.06. The van der Waals surface area contributed by atoms with E-state index in [2.05, 4.69) is 11.1 Å². The summed E-state index contributed by atoms with van der Waals surface area (Å²) in [5, 5.41) is 13.4. The number of nitriles is 1. The Morgan fingerprint density at radius 2 is 2.14 bits per heavy atom. The van der Waals surface area contributed by atoms with Gasteiger partial charge in [0.15, 0.2) is 17.3 Å². The normalized spacial score (nSPS) is 14.5. The molecule has 0 saturated heterocycles. The van der Waals surface area contributed by atoms with E-state index in [0.717, 1.165) is 24.0 Å². The highest BCUT2D eigenvalue weighted by Crippen LogP contribution is 2.43. The third-order valence-electron chi connectivity index (χ3n) is 4.21. The number of aromatic nitrogens is 1. The van der Waals surface area contributed by atoms with Gasteiger partial charge in [0.1, 0.15) is 11.6 Å². The monoisotopic (exact) mass is 312 g/mol. The van der Waals surface area contributed by atoms with Crippen molar-refractivity contribution in [3.05, 3.63) is 39.2 Å². The number of halogens is 1. The van der Waals surface area contributed by atoms with Gasteiger partial charge in [0.25, 0.3) is 0 Å². The van der Waals surface area contributed by atoms with Crippen LogP contribution in [0.4, 0.5) is 4.39 Å². The van der Waals surface area contributed by atoms with Crippen molar-refractivity contribution >= 4 is 22.4 Å². The number of thiophene rings is 1. The van der Waals surface area contributed by atoms with E-state index in [1.807, 2.05) is 17.7 Å². The molecule has 1 aliphatic rings. The second kappa shape index (κ2) is 4.65. The van der Waals surface area contributed by atoms with E-state index in [9.17, 15) is 5.26 Å². The Balaban J connectivity index is 2.09. The van der Waals surface area contributed by atoms with E-state index in [1.54, 1.807) is 6.92 Å². The number of benzene rings is 1. The van der Waals surface area contributed by atoms with E-state index in [0.29, 0.717) is 28.1 Å². The molecule has 0 N–H and O–H groups in total. The molecular weight excluding hydrogens is 299 g/mol. The SMILES string of the molecule is Cc1cscc1-c1c(C)c(C#N)c2nc(C3CC3)oc2c1F. The molecule has 110 valence electrons. The van der Waals surface area contributed by atoms with Crippen molar-refractivity contribution in [1.29, 1.82) is 5.26 Å². The first-order valence-corrected chi connectivity index (χ1v) is 8.11. The number of fused-ring (bicyclic) bond motifs is 1. The van der Waals surface area contributed by atoms with Crippen LogP contribution in [0.5, 0.6) is 0 Å². The van der Waals surface area contributed by atoms with Crippen molar-refractivity contribution in [3.63, 3.8) is 0 Å². The highest BCUT2D eigenvalue weighted by atomic mass is 32.1. The molecule has 2 aromatic heterocycles. The fourth-order valence-corrected chi connectivity index (χ4v) is 3.65. The van der Waals surface area contributed by atoms with Crippen molar-refractivity contribution in [1.82, 2.24) is 4.98 Å². The number of hydrogen-bond donors (Lipinski definition) is 0. The van der Waals surface area contributed by atoms with Gasteiger partial charge in [-0.2, -0.15) is 16.6 Å². The highest BCUT2D eigenvalue weighted by molar-refractivity contribution is 7.08. The van der Waals surface area contributed by atoms with Crippen LogP contribution in [0.2, 0.25) is 0 Å². The lowest BCUT2D eigenvalue weighted by Gasteiger charge is -2.09. The third-order valence-corrected chi connectivity index (χ3v) is 5.07. The summed E-state index contributed by atoms with van der Waals surface area (Å²) in [4.78, 5) is 4.39. The third kappa shape index (κ3) is 1.80. The van der Waals surface area contributed by atoms with Crippen molar-refractivity contribution in [2.75, 3.05) is 0 Å². The topological polar surface area (TPSA) is 49.8 Å². The van der Waals surface area contributed by atoms with Gasteiger partial charge in [-0.3, -0.25) is 0 Å². The van der Waals surface area contributed by atoms with Crippen LogP contribution in [0.25, 0.3) is 22.2 Å². The molecule has 0 spiro atoms. The molecule has 5 heteroatoms. The van der Waals surface area contributed by atoms with Gasteiger partial charge in [-0.1, -0.05) is 0 Å². The molecule has 0 bridgehead atoms. The maximum Gasteiger partial charge on any atom is 0.198 e.